The molecule has 0 aliphatic rings. The molecule has 13 heteroatoms. The Kier molecular flexibility index (Phi) is 10.6. The molecule has 0 saturated heterocycles. The van der Waals surface area contributed by atoms with Gasteiger partial charge in [0, 0.05) is 12.8 Å². The van der Waals surface area contributed by atoms with Crippen molar-refractivity contribution >= 4 is 0 Å². The lowest BCUT2D eigenvalue weighted by Gasteiger charge is -2.29. The van der Waals surface area contributed by atoms with Crippen LogP contribution >= 0.6 is 0 Å². The van der Waals surface area contributed by atoms with Gasteiger partial charge in [0.05, 0.1) is 0 Å². The lowest BCUT2D eigenvalue weighted by molar-refractivity contribution is -0.266. The minimum Gasteiger partial charge on any atom is -0.303 e. The molecule has 1 nitrogen and oxygen atoms in total. The second-order valence-corrected chi connectivity index (χ2v) is 6.66. The van der Waals surface area contributed by atoms with Gasteiger partial charge in [-0.05, 0) is 38.9 Å². The fraction of sp³-hybridized carbons (Fsp3) is 1.00. The summed E-state index contributed by atoms with van der Waals surface area (Å²) < 4.78 is 153. The summed E-state index contributed by atoms with van der Waals surface area (Å²) in [5.74, 6) is -21.1. The van der Waals surface area contributed by atoms with Gasteiger partial charge in [0.15, 0.2) is 0 Å². The van der Waals surface area contributed by atoms with Crippen molar-refractivity contribution in [2.45, 2.75) is 82.0 Å². The molecule has 0 unspecified atom stereocenters. The minimum atomic E-state index is -5.54. The molecule has 29 heavy (non-hydrogen) atoms. The van der Waals surface area contributed by atoms with Crippen molar-refractivity contribution in [1.29, 1.82) is 0 Å². The largest absolute Gasteiger partial charge is 0.369 e. The molecule has 0 rings (SSSR count). The predicted octanol–water partition coefficient (Wildman–Crippen LogP) is 6.72. The van der Waals surface area contributed by atoms with E-state index < -0.39 is 62.2 Å². The number of unbranched alkanes of at least 4 members (excludes halogenated alkanes) is 1. The van der Waals surface area contributed by atoms with Crippen molar-refractivity contribution in [2.75, 3.05) is 19.6 Å². The van der Waals surface area contributed by atoms with Gasteiger partial charge in [-0.3, -0.25) is 0 Å². The van der Waals surface area contributed by atoms with Crippen LogP contribution in [0.25, 0.3) is 0 Å². The summed E-state index contributed by atoms with van der Waals surface area (Å²) in [6, 6.07) is 0. The van der Waals surface area contributed by atoms with E-state index in [1.54, 1.807) is 6.92 Å². The van der Waals surface area contributed by atoms with Crippen LogP contribution < -0.4 is 0 Å². The highest BCUT2D eigenvalue weighted by Gasteiger charge is 2.63. The molecule has 0 aromatic carbocycles. The van der Waals surface area contributed by atoms with Crippen LogP contribution in [0.5, 0.6) is 0 Å². The van der Waals surface area contributed by atoms with Crippen LogP contribution in [0.1, 0.15) is 45.4 Å². The summed E-state index contributed by atoms with van der Waals surface area (Å²) in [5, 5.41) is 0. The zero-order chi connectivity index (χ0) is 23.1. The van der Waals surface area contributed by atoms with Gasteiger partial charge in [-0.25, -0.2) is 17.6 Å². The van der Waals surface area contributed by atoms with Gasteiger partial charge >= 0.3 is 36.5 Å². The zero-order valence-electron chi connectivity index (χ0n) is 15.5. The lowest BCUT2D eigenvalue weighted by Crippen LogP contribution is -2.47. The van der Waals surface area contributed by atoms with Crippen LogP contribution in [0.2, 0.25) is 0 Å². The van der Waals surface area contributed by atoms with Crippen LogP contribution in [0, 0.1) is 0 Å². The molecule has 0 amide bonds. The first-order valence-electron chi connectivity index (χ1n) is 8.82. The van der Waals surface area contributed by atoms with Gasteiger partial charge in [-0.2, -0.15) is 35.1 Å². The minimum absolute atomic E-state index is 0.115. The molecule has 0 spiro atoms. The molecule has 0 heterocycles. The molecule has 0 fully saturated rings. The van der Waals surface area contributed by atoms with Crippen molar-refractivity contribution in [3.63, 3.8) is 0 Å². The first-order valence-corrected chi connectivity index (χ1v) is 8.82. The van der Waals surface area contributed by atoms with Gasteiger partial charge in [0.1, 0.15) is 0 Å². The second-order valence-electron chi connectivity index (χ2n) is 6.66. The van der Waals surface area contributed by atoms with Crippen molar-refractivity contribution in [3.8, 4) is 0 Å². The Labute approximate surface area is 160 Å². The maximum absolute atomic E-state index is 13.3. The predicted molar refractivity (Wildman–Crippen MR) is 81.6 cm³/mol. The molecule has 0 aromatic heterocycles. The van der Waals surface area contributed by atoms with Crippen LogP contribution in [0.4, 0.5) is 52.7 Å². The summed E-state index contributed by atoms with van der Waals surface area (Å²) in [5.41, 5.74) is 0. The third-order valence-electron chi connectivity index (χ3n) is 4.28. The number of hydrogen-bond acceptors (Lipinski definition) is 1. The third-order valence-corrected chi connectivity index (χ3v) is 4.28. The fourth-order valence-electron chi connectivity index (χ4n) is 2.42. The van der Waals surface area contributed by atoms with E-state index in [0.29, 0.717) is 12.8 Å². The molecule has 0 radical (unpaired) electrons. The monoisotopic (exact) mass is 457 g/mol. The van der Waals surface area contributed by atoms with Gasteiger partial charge in [0.25, 0.3) is 0 Å². The maximum atomic E-state index is 13.3. The number of hydrogen-bond donors (Lipinski definition) is 0. The highest BCUT2D eigenvalue weighted by Crippen LogP contribution is 2.43. The van der Waals surface area contributed by atoms with Crippen molar-refractivity contribution in [2.24, 2.45) is 0 Å². The summed E-state index contributed by atoms with van der Waals surface area (Å²) in [6.07, 6.45) is -12.8. The van der Waals surface area contributed by atoms with Gasteiger partial charge in [-0.15, -0.1) is 0 Å². The average molecular weight is 457 g/mol. The third kappa shape index (κ3) is 7.71. The highest BCUT2D eigenvalue weighted by molar-refractivity contribution is 4.88. The van der Waals surface area contributed by atoms with E-state index in [1.165, 1.54) is 4.90 Å². The van der Waals surface area contributed by atoms with E-state index in [-0.39, 0.29) is 19.6 Å². The summed E-state index contributed by atoms with van der Waals surface area (Å²) >= 11 is 0. The van der Waals surface area contributed by atoms with Crippen molar-refractivity contribution in [3.05, 3.63) is 0 Å². The normalized spacial score (nSPS) is 14.5. The van der Waals surface area contributed by atoms with Crippen LogP contribution in [-0.4, -0.2) is 61.1 Å². The zero-order valence-corrected chi connectivity index (χ0v) is 15.5. The lowest BCUT2D eigenvalue weighted by atomic mass is 10.0. The maximum Gasteiger partial charge on any atom is 0.369 e. The van der Waals surface area contributed by atoms with E-state index in [4.69, 9.17) is 0 Å². The summed E-state index contributed by atoms with van der Waals surface area (Å²) in [4.78, 5) is 1.23. The highest BCUT2D eigenvalue weighted by atomic mass is 19.4. The Hall–Kier alpha value is -0.880. The molecule has 0 atom stereocenters. The topological polar surface area (TPSA) is 3.24 Å². The molecule has 0 aliphatic carbocycles. The first-order chi connectivity index (χ1) is 13.0. The molecular weight excluding hydrogens is 434 g/mol. The standard InChI is InChI=1S/C16H23F12N/c1-2-3-8-29(9-4-6-13(21,22)15(25,26)11(17)18)10-5-7-14(23,24)16(27,28)12(19)20/h11-12H,2-10H2,1H3. The van der Waals surface area contributed by atoms with E-state index in [0.717, 1.165) is 0 Å². The Morgan fingerprint density at radius 3 is 1.17 bits per heavy atom. The van der Waals surface area contributed by atoms with Crippen LogP contribution in [0.15, 0.2) is 0 Å². The quantitative estimate of drug-likeness (QED) is 0.247. The van der Waals surface area contributed by atoms with Gasteiger partial charge in [0.2, 0.25) is 0 Å². The molecule has 0 bridgehead atoms. The van der Waals surface area contributed by atoms with Crippen molar-refractivity contribution < 1.29 is 52.7 Å². The fourth-order valence-corrected chi connectivity index (χ4v) is 2.42. The number of nitrogens with zero attached hydrogens (tertiary/aromatic N) is 1. The Balaban J connectivity index is 4.76. The van der Waals surface area contributed by atoms with E-state index in [9.17, 15) is 52.7 Å². The first kappa shape index (κ1) is 28.1. The molecule has 0 N–H and O–H groups in total. The molecule has 0 aromatic rings. The van der Waals surface area contributed by atoms with Crippen LogP contribution in [0.3, 0.4) is 0 Å². The average Bonchev–Trinajstić information content (AvgIpc) is 2.58. The Morgan fingerprint density at radius 2 is 0.897 bits per heavy atom. The van der Waals surface area contributed by atoms with Gasteiger partial charge in [-0.1, -0.05) is 13.3 Å². The van der Waals surface area contributed by atoms with E-state index in [1.807, 2.05) is 0 Å². The Bertz CT molecular complexity index is 429. The number of halogens is 12. The molecule has 0 aliphatic heterocycles. The van der Waals surface area contributed by atoms with Crippen LogP contribution in [-0.2, 0) is 0 Å². The van der Waals surface area contributed by atoms with E-state index in [2.05, 4.69) is 0 Å². The Morgan fingerprint density at radius 1 is 0.586 bits per heavy atom. The molecule has 176 valence electrons. The number of rotatable bonds is 15. The number of alkyl halides is 12. The summed E-state index contributed by atoms with van der Waals surface area (Å²) in [6.45, 7) is 1.09. The summed E-state index contributed by atoms with van der Waals surface area (Å²) in [7, 11) is 0. The molecular formula is C16H23F12N. The smallest absolute Gasteiger partial charge is 0.303 e. The van der Waals surface area contributed by atoms with E-state index >= 15 is 0 Å². The SMILES string of the molecule is CCCCN(CCCC(F)(F)C(F)(F)C(F)F)CCCC(F)(F)C(F)(F)C(F)F. The molecule has 0 saturated carbocycles. The van der Waals surface area contributed by atoms with Crippen molar-refractivity contribution in [1.82, 2.24) is 4.90 Å². The second kappa shape index (κ2) is 10.9. The van der Waals surface area contributed by atoms with Gasteiger partial charge < -0.3 is 4.90 Å².